The molecule has 7 nitrogen and oxygen atoms in total. The first kappa shape index (κ1) is 24.9. The van der Waals surface area contributed by atoms with Gasteiger partial charge in [-0.3, -0.25) is 9.69 Å². The van der Waals surface area contributed by atoms with E-state index in [0.29, 0.717) is 29.3 Å². The van der Waals surface area contributed by atoms with Crippen LogP contribution in [0.15, 0.2) is 60.9 Å². The smallest absolute Gasteiger partial charge is 0.317 e. The Hall–Kier alpha value is -3.76. The van der Waals surface area contributed by atoms with E-state index in [0.717, 1.165) is 22.3 Å². The Balaban J connectivity index is 1.39. The number of amides is 1. The standard InChI is InChI=1S/C26H22ClF3N6O/c1-35-15-32-34-24(35)20-5-3-2-4-19(20)17-6-7-18-14-36(25(37)21(18)12-17)23-11-16(10-22(27)33-23)13-31-9-8-26(28,29)30/h2-7,10-12,15,31H,8-9,13-14H2,1H3. The zero-order chi connectivity index (χ0) is 26.2. The number of hydrogen-bond acceptors (Lipinski definition) is 5. The largest absolute Gasteiger partial charge is 0.390 e. The van der Waals surface area contributed by atoms with Crippen LogP contribution in [-0.2, 0) is 20.1 Å². The van der Waals surface area contributed by atoms with Gasteiger partial charge in [0.1, 0.15) is 17.3 Å². The second kappa shape index (κ2) is 9.95. The van der Waals surface area contributed by atoms with E-state index in [-0.39, 0.29) is 24.1 Å². The third-order valence-electron chi connectivity index (χ3n) is 6.14. The summed E-state index contributed by atoms with van der Waals surface area (Å²) in [5.41, 5.74) is 4.71. The zero-order valence-corrected chi connectivity index (χ0v) is 20.5. The monoisotopic (exact) mass is 526 g/mol. The molecule has 1 aliphatic heterocycles. The molecule has 190 valence electrons. The fraction of sp³-hybridized carbons (Fsp3) is 0.231. The van der Waals surface area contributed by atoms with Crippen LogP contribution >= 0.6 is 11.6 Å². The number of benzene rings is 2. The molecule has 2 aromatic heterocycles. The van der Waals surface area contributed by atoms with Gasteiger partial charge >= 0.3 is 6.18 Å². The minimum atomic E-state index is -4.23. The highest BCUT2D eigenvalue weighted by Crippen LogP contribution is 2.35. The summed E-state index contributed by atoms with van der Waals surface area (Å²) in [6.45, 7) is 0.266. The van der Waals surface area contributed by atoms with Crippen LogP contribution in [-0.4, -0.2) is 38.4 Å². The van der Waals surface area contributed by atoms with Crippen LogP contribution in [0.5, 0.6) is 0 Å². The zero-order valence-electron chi connectivity index (χ0n) is 19.8. The predicted molar refractivity (Wildman–Crippen MR) is 134 cm³/mol. The molecule has 37 heavy (non-hydrogen) atoms. The molecule has 0 saturated carbocycles. The van der Waals surface area contributed by atoms with Crippen molar-refractivity contribution in [3.63, 3.8) is 0 Å². The van der Waals surface area contributed by atoms with Crippen LogP contribution in [0.1, 0.15) is 27.9 Å². The van der Waals surface area contributed by atoms with Gasteiger partial charge in [-0.1, -0.05) is 48.0 Å². The molecule has 11 heteroatoms. The van der Waals surface area contributed by atoms with E-state index in [2.05, 4.69) is 20.5 Å². The van der Waals surface area contributed by atoms with Crippen molar-refractivity contribution in [1.29, 1.82) is 0 Å². The van der Waals surface area contributed by atoms with Crippen molar-refractivity contribution < 1.29 is 18.0 Å². The highest BCUT2D eigenvalue weighted by atomic mass is 35.5. The minimum Gasteiger partial charge on any atom is -0.317 e. The third kappa shape index (κ3) is 5.35. The third-order valence-corrected chi connectivity index (χ3v) is 6.33. The number of anilines is 1. The number of rotatable bonds is 7. The van der Waals surface area contributed by atoms with Crippen LogP contribution in [0.3, 0.4) is 0 Å². The van der Waals surface area contributed by atoms with Crippen LogP contribution in [0.4, 0.5) is 19.0 Å². The summed E-state index contributed by atoms with van der Waals surface area (Å²) in [6, 6.07) is 16.8. The van der Waals surface area contributed by atoms with Gasteiger partial charge in [0.15, 0.2) is 5.82 Å². The van der Waals surface area contributed by atoms with Crippen molar-refractivity contribution in [3.8, 4) is 22.5 Å². The molecule has 0 unspecified atom stereocenters. The summed E-state index contributed by atoms with van der Waals surface area (Å²) < 4.78 is 39.1. The lowest BCUT2D eigenvalue weighted by Gasteiger charge is -2.16. The number of aromatic nitrogens is 4. The van der Waals surface area contributed by atoms with Gasteiger partial charge in [-0.25, -0.2) is 4.98 Å². The molecule has 1 aliphatic rings. The molecular weight excluding hydrogens is 505 g/mol. The summed E-state index contributed by atoms with van der Waals surface area (Å²) >= 11 is 6.19. The molecule has 1 N–H and O–H groups in total. The molecular formula is C26H22ClF3N6O. The van der Waals surface area contributed by atoms with Gasteiger partial charge in [0.25, 0.3) is 5.91 Å². The van der Waals surface area contributed by atoms with Gasteiger partial charge in [0.2, 0.25) is 0 Å². The highest BCUT2D eigenvalue weighted by Gasteiger charge is 2.30. The number of carbonyl (C=O) groups excluding carboxylic acids is 1. The molecule has 0 fully saturated rings. The number of pyridine rings is 1. The van der Waals surface area contributed by atoms with E-state index in [4.69, 9.17) is 11.6 Å². The average Bonchev–Trinajstić information content (AvgIpc) is 3.43. The number of hydrogen-bond donors (Lipinski definition) is 1. The van der Waals surface area contributed by atoms with Crippen LogP contribution in [0.25, 0.3) is 22.5 Å². The minimum absolute atomic E-state index is 0.159. The first-order chi connectivity index (χ1) is 17.7. The lowest BCUT2D eigenvalue weighted by molar-refractivity contribution is -0.133. The highest BCUT2D eigenvalue weighted by molar-refractivity contribution is 6.29. The SMILES string of the molecule is Cn1cnnc1-c1ccccc1-c1ccc2c(c1)C(=O)N(c1cc(CNCCC(F)(F)F)cc(Cl)n1)C2. The van der Waals surface area contributed by atoms with Gasteiger partial charge in [-0.05, 0) is 40.5 Å². The van der Waals surface area contributed by atoms with E-state index in [9.17, 15) is 18.0 Å². The number of aryl methyl sites for hydroxylation is 1. The molecule has 2 aromatic carbocycles. The molecule has 0 saturated heterocycles. The first-order valence-corrected chi connectivity index (χ1v) is 11.9. The molecule has 0 radical (unpaired) electrons. The maximum Gasteiger partial charge on any atom is 0.390 e. The van der Waals surface area contributed by atoms with Crippen molar-refractivity contribution in [1.82, 2.24) is 25.1 Å². The van der Waals surface area contributed by atoms with Crippen LogP contribution in [0, 0.1) is 0 Å². The Labute approximate surface area is 215 Å². The van der Waals surface area contributed by atoms with Crippen molar-refractivity contribution in [3.05, 3.63) is 82.8 Å². The first-order valence-electron chi connectivity index (χ1n) is 11.5. The Kier molecular flexibility index (Phi) is 6.70. The molecule has 0 bridgehead atoms. The van der Waals surface area contributed by atoms with Gasteiger partial charge < -0.3 is 9.88 Å². The van der Waals surface area contributed by atoms with E-state index in [1.807, 2.05) is 54.1 Å². The number of nitrogens with one attached hydrogen (secondary N) is 1. The number of alkyl halides is 3. The van der Waals surface area contributed by atoms with Gasteiger partial charge in [0, 0.05) is 31.3 Å². The summed E-state index contributed by atoms with van der Waals surface area (Å²) in [5, 5.41) is 11.1. The number of nitrogens with zero attached hydrogens (tertiary/aromatic N) is 5. The van der Waals surface area contributed by atoms with Gasteiger partial charge in [0.05, 0.1) is 13.0 Å². The Bertz CT molecular complexity index is 1470. The van der Waals surface area contributed by atoms with Gasteiger partial charge in [-0.2, -0.15) is 13.2 Å². The van der Waals surface area contributed by atoms with E-state index in [1.54, 1.807) is 18.5 Å². The van der Waals surface area contributed by atoms with Crippen molar-refractivity contribution in [2.24, 2.45) is 7.05 Å². The quantitative estimate of drug-likeness (QED) is 0.258. The molecule has 5 rings (SSSR count). The number of fused-ring (bicyclic) bond motifs is 1. The van der Waals surface area contributed by atoms with Crippen molar-refractivity contribution >= 4 is 23.3 Å². The molecule has 3 heterocycles. The normalized spacial score (nSPS) is 13.3. The van der Waals surface area contributed by atoms with Crippen molar-refractivity contribution in [2.75, 3.05) is 11.4 Å². The lowest BCUT2D eigenvalue weighted by Crippen LogP contribution is -2.25. The van der Waals surface area contributed by atoms with Crippen LogP contribution < -0.4 is 10.2 Å². The molecule has 0 aliphatic carbocycles. The summed E-state index contributed by atoms with van der Waals surface area (Å²) in [7, 11) is 1.87. The molecule has 0 atom stereocenters. The number of carbonyl (C=O) groups is 1. The molecule has 4 aromatic rings. The fourth-order valence-corrected chi connectivity index (χ4v) is 4.57. The predicted octanol–water partition coefficient (Wildman–Crippen LogP) is 5.40. The number of halogens is 4. The average molecular weight is 527 g/mol. The fourth-order valence-electron chi connectivity index (χ4n) is 4.35. The lowest BCUT2D eigenvalue weighted by atomic mass is 9.96. The molecule has 1 amide bonds. The second-order valence-electron chi connectivity index (χ2n) is 8.77. The van der Waals surface area contributed by atoms with E-state index >= 15 is 0 Å². The Morgan fingerprint density at radius 1 is 1.05 bits per heavy atom. The Morgan fingerprint density at radius 2 is 1.84 bits per heavy atom. The van der Waals surface area contributed by atoms with Gasteiger partial charge in [-0.15, -0.1) is 10.2 Å². The van der Waals surface area contributed by atoms with Crippen molar-refractivity contribution in [2.45, 2.75) is 25.7 Å². The van der Waals surface area contributed by atoms with E-state index in [1.165, 1.54) is 4.90 Å². The topological polar surface area (TPSA) is 75.9 Å². The summed E-state index contributed by atoms with van der Waals surface area (Å²) in [6.07, 6.45) is -3.52. The second-order valence-corrected chi connectivity index (χ2v) is 9.16. The van der Waals surface area contributed by atoms with E-state index < -0.39 is 12.6 Å². The van der Waals surface area contributed by atoms with Crippen LogP contribution in [0.2, 0.25) is 5.15 Å². The summed E-state index contributed by atoms with van der Waals surface area (Å²) in [4.78, 5) is 19.2. The summed E-state index contributed by atoms with van der Waals surface area (Å²) in [5.74, 6) is 0.838. The Morgan fingerprint density at radius 3 is 2.57 bits per heavy atom. The molecule has 0 spiro atoms. The maximum atomic E-state index is 13.4. The maximum absolute atomic E-state index is 13.4.